The Morgan fingerprint density at radius 3 is 1.98 bits per heavy atom. The molecule has 2 aromatic carbocycles. The van der Waals surface area contributed by atoms with Crippen molar-refractivity contribution < 1.29 is 35.9 Å². The molecule has 0 atom stereocenters. The lowest BCUT2D eigenvalue weighted by Crippen LogP contribution is -3.00. The van der Waals surface area contributed by atoms with Gasteiger partial charge >= 0.3 is 0 Å². The second-order valence-corrected chi connectivity index (χ2v) is 11.9. The predicted molar refractivity (Wildman–Crippen MR) is 160 cm³/mol. The van der Waals surface area contributed by atoms with Gasteiger partial charge in [-0.1, -0.05) is 90.4 Å². The van der Waals surface area contributed by atoms with Gasteiger partial charge in [0.15, 0.2) is 35.2 Å². The van der Waals surface area contributed by atoms with Crippen LogP contribution in [0.15, 0.2) is 30.3 Å². The third-order valence-corrected chi connectivity index (χ3v) is 9.02. The molecule has 0 N–H and O–H groups in total. The van der Waals surface area contributed by atoms with E-state index in [4.69, 9.17) is 18.9 Å². The van der Waals surface area contributed by atoms with Crippen LogP contribution in [0.2, 0.25) is 0 Å². The number of aromatic nitrogens is 1. The van der Waals surface area contributed by atoms with Crippen molar-refractivity contribution in [2.45, 2.75) is 116 Å². The van der Waals surface area contributed by atoms with Crippen LogP contribution in [0.25, 0.3) is 22.0 Å². The van der Waals surface area contributed by atoms with Crippen LogP contribution >= 0.6 is 0 Å². The second-order valence-electron chi connectivity index (χ2n) is 11.9. The third-order valence-electron chi connectivity index (χ3n) is 9.02. The number of hydrogen-bond acceptors (Lipinski definition) is 4. The van der Waals surface area contributed by atoms with Crippen LogP contribution in [0.1, 0.15) is 108 Å². The molecular weight excluding hydrogens is 534 g/mol. The maximum absolute atomic E-state index is 6.03. The summed E-state index contributed by atoms with van der Waals surface area (Å²) in [4.78, 5) is 0. The van der Waals surface area contributed by atoms with E-state index in [-0.39, 0.29) is 12.4 Å². The first kappa shape index (κ1) is 29.8. The van der Waals surface area contributed by atoms with Crippen molar-refractivity contribution in [3.63, 3.8) is 0 Å². The summed E-state index contributed by atoms with van der Waals surface area (Å²) in [5.74, 6) is 3.52. The SMILES string of the molecule is CCCCCCCCCCCCCCCCc1c2c3c(ccc2cc2[n+]1CCc1cc4c(cc1-2)OCO4)OCO3.[Cl-]. The molecule has 0 saturated heterocycles. The average Bonchev–Trinajstić information content (AvgIpc) is 3.65. The summed E-state index contributed by atoms with van der Waals surface area (Å²) in [5.41, 5.74) is 5.26. The number of nitrogens with zero attached hydrogens (tertiary/aromatic N) is 1. The monoisotopic (exact) mass is 579 g/mol. The lowest BCUT2D eigenvalue weighted by Gasteiger charge is -2.19. The van der Waals surface area contributed by atoms with Gasteiger partial charge in [0.1, 0.15) is 0 Å². The highest BCUT2D eigenvalue weighted by Gasteiger charge is 2.33. The highest BCUT2D eigenvalue weighted by atomic mass is 35.5. The maximum Gasteiger partial charge on any atom is 0.231 e. The molecule has 222 valence electrons. The summed E-state index contributed by atoms with van der Waals surface area (Å²) in [5, 5.41) is 2.46. The van der Waals surface area contributed by atoms with Crippen molar-refractivity contribution in [1.82, 2.24) is 0 Å². The number of ether oxygens (including phenoxy) is 4. The van der Waals surface area contributed by atoms with Crippen molar-refractivity contribution in [2.75, 3.05) is 13.6 Å². The first-order valence-corrected chi connectivity index (χ1v) is 16.0. The van der Waals surface area contributed by atoms with Crippen LogP contribution in [-0.4, -0.2) is 13.6 Å². The quantitative estimate of drug-likeness (QED) is 0.168. The molecule has 0 spiro atoms. The molecule has 0 amide bonds. The minimum Gasteiger partial charge on any atom is -1.00 e. The molecule has 3 aromatic rings. The van der Waals surface area contributed by atoms with Crippen molar-refractivity contribution >= 4 is 10.8 Å². The Morgan fingerprint density at radius 2 is 1.27 bits per heavy atom. The maximum atomic E-state index is 6.03. The normalized spacial score (nSPS) is 14.2. The van der Waals surface area contributed by atoms with Gasteiger partial charge in [-0.2, -0.15) is 4.57 Å². The van der Waals surface area contributed by atoms with Gasteiger partial charge in [0, 0.05) is 18.9 Å². The molecule has 0 radical (unpaired) electrons. The molecule has 6 rings (SSSR count). The lowest BCUT2D eigenvalue weighted by molar-refractivity contribution is -0.693. The number of halogens is 1. The first-order valence-electron chi connectivity index (χ1n) is 16.0. The standard InChI is InChI=1S/C35H46NO4.ClH/c1-2-3-4-5-6-7-8-9-10-11-12-13-14-15-16-29-34-27(17-18-31-35(34)40-25-37-31)21-30-28-23-33-32(38-24-39-33)22-26(28)19-20-36(29)30;/h17-18,21-23H,2-16,19-20,24-25H2,1H3;1H/q+1;/p-1. The van der Waals surface area contributed by atoms with E-state index in [1.807, 2.05) is 0 Å². The third kappa shape index (κ3) is 6.71. The van der Waals surface area contributed by atoms with Gasteiger partial charge < -0.3 is 31.4 Å². The molecule has 0 fully saturated rings. The molecule has 0 bridgehead atoms. The van der Waals surface area contributed by atoms with Gasteiger partial charge in [0.25, 0.3) is 0 Å². The van der Waals surface area contributed by atoms with E-state index in [2.05, 4.69) is 41.8 Å². The lowest BCUT2D eigenvalue weighted by atomic mass is 9.92. The van der Waals surface area contributed by atoms with E-state index in [1.54, 1.807) is 0 Å². The topological polar surface area (TPSA) is 40.8 Å². The van der Waals surface area contributed by atoms with Crippen molar-refractivity contribution in [3.05, 3.63) is 41.6 Å². The van der Waals surface area contributed by atoms with Gasteiger partial charge in [-0.05, 0) is 41.6 Å². The van der Waals surface area contributed by atoms with Crippen LogP contribution in [0.3, 0.4) is 0 Å². The van der Waals surface area contributed by atoms with Gasteiger partial charge in [-0.15, -0.1) is 0 Å². The second kappa shape index (κ2) is 14.5. The Morgan fingerprint density at radius 1 is 0.659 bits per heavy atom. The molecule has 41 heavy (non-hydrogen) atoms. The van der Waals surface area contributed by atoms with E-state index in [1.165, 1.54) is 123 Å². The average molecular weight is 580 g/mol. The van der Waals surface area contributed by atoms with Crippen LogP contribution < -0.4 is 35.9 Å². The Hall–Kier alpha value is -2.66. The van der Waals surface area contributed by atoms with E-state index < -0.39 is 0 Å². The number of fused-ring (bicyclic) bond motifs is 7. The Balaban J connectivity index is 0.00000337. The summed E-state index contributed by atoms with van der Waals surface area (Å²) in [6.45, 7) is 3.88. The Labute approximate surface area is 251 Å². The molecule has 0 unspecified atom stereocenters. The molecule has 0 saturated carbocycles. The fourth-order valence-corrected chi connectivity index (χ4v) is 6.80. The number of aryl methyl sites for hydroxylation is 2. The fraction of sp³-hybridized carbons (Fsp3) is 0.571. The number of rotatable bonds is 15. The largest absolute Gasteiger partial charge is 1.00 e. The van der Waals surface area contributed by atoms with Gasteiger partial charge in [0.05, 0.1) is 10.9 Å². The Bertz CT molecular complexity index is 1320. The highest BCUT2D eigenvalue weighted by Crippen LogP contribution is 2.44. The van der Waals surface area contributed by atoms with Crippen LogP contribution in [0.4, 0.5) is 0 Å². The van der Waals surface area contributed by atoms with Gasteiger partial charge in [0.2, 0.25) is 19.3 Å². The summed E-state index contributed by atoms with van der Waals surface area (Å²) in [7, 11) is 0. The number of benzene rings is 2. The van der Waals surface area contributed by atoms with E-state index in [0.29, 0.717) is 13.6 Å². The Kier molecular flexibility index (Phi) is 10.5. The minimum atomic E-state index is 0. The van der Waals surface area contributed by atoms with Gasteiger partial charge in [-0.25, -0.2) is 0 Å². The first-order chi connectivity index (χ1) is 19.8. The molecule has 0 aliphatic carbocycles. The molecule has 4 heterocycles. The number of pyridine rings is 1. The number of unbranched alkanes of at least 4 members (excludes halogenated alkanes) is 13. The molecular formula is C35H46ClNO4. The summed E-state index contributed by atoms with van der Waals surface area (Å²) < 4.78 is 25.8. The minimum absolute atomic E-state index is 0. The van der Waals surface area contributed by atoms with Crippen LogP contribution in [-0.2, 0) is 19.4 Å². The molecule has 6 heteroatoms. The fourth-order valence-electron chi connectivity index (χ4n) is 6.80. The van der Waals surface area contributed by atoms with Gasteiger partial charge in [-0.3, -0.25) is 0 Å². The van der Waals surface area contributed by atoms with Crippen molar-refractivity contribution in [3.8, 4) is 34.3 Å². The van der Waals surface area contributed by atoms with Crippen molar-refractivity contribution in [2.24, 2.45) is 0 Å². The summed E-state index contributed by atoms with van der Waals surface area (Å²) in [6, 6.07) is 10.9. The zero-order chi connectivity index (χ0) is 27.1. The molecule has 1 aromatic heterocycles. The number of hydrogen-bond donors (Lipinski definition) is 0. The van der Waals surface area contributed by atoms with Crippen LogP contribution in [0, 0.1) is 0 Å². The summed E-state index contributed by atoms with van der Waals surface area (Å²) in [6.07, 6.45) is 21.4. The van der Waals surface area contributed by atoms with E-state index >= 15 is 0 Å². The predicted octanol–water partition coefficient (Wildman–Crippen LogP) is 5.84. The van der Waals surface area contributed by atoms with E-state index in [9.17, 15) is 0 Å². The summed E-state index contributed by atoms with van der Waals surface area (Å²) >= 11 is 0. The van der Waals surface area contributed by atoms with E-state index in [0.717, 1.165) is 42.4 Å². The molecule has 5 nitrogen and oxygen atoms in total. The van der Waals surface area contributed by atoms with Crippen molar-refractivity contribution in [1.29, 1.82) is 0 Å². The highest BCUT2D eigenvalue weighted by molar-refractivity contribution is 5.94. The zero-order valence-electron chi connectivity index (χ0n) is 24.8. The molecule has 3 aliphatic rings. The zero-order valence-corrected chi connectivity index (χ0v) is 25.5. The van der Waals surface area contributed by atoms with Crippen LogP contribution in [0.5, 0.6) is 23.0 Å². The smallest absolute Gasteiger partial charge is 0.231 e. The molecule has 3 aliphatic heterocycles.